The highest BCUT2D eigenvalue weighted by Gasteiger charge is 2.26. The molecule has 3 rings (SSSR count). The molecule has 0 aliphatic heterocycles. The summed E-state index contributed by atoms with van der Waals surface area (Å²) in [5, 5.41) is 20.3. The lowest BCUT2D eigenvalue weighted by atomic mass is 10.0. The molecule has 22 heavy (non-hydrogen) atoms. The molecule has 1 fully saturated rings. The van der Waals surface area contributed by atoms with Crippen molar-refractivity contribution in [1.82, 2.24) is 15.2 Å². The largest absolute Gasteiger partial charge is 0.425 e. The van der Waals surface area contributed by atoms with E-state index in [0.717, 1.165) is 43.8 Å². The molecule has 0 aromatic carbocycles. The van der Waals surface area contributed by atoms with E-state index in [2.05, 4.69) is 26.6 Å². The fraction of sp³-hybridized carbons (Fsp3) is 0.500. The van der Waals surface area contributed by atoms with Crippen molar-refractivity contribution >= 4 is 5.82 Å². The van der Waals surface area contributed by atoms with Gasteiger partial charge in [0, 0.05) is 25.1 Å². The SMILES string of the molecule is CCc1nnc(C[C@@H]2CC[C@H](Nc3ccc(C#N)cn3)C2)o1. The Bertz CT molecular complexity index is 658. The van der Waals surface area contributed by atoms with E-state index in [1.54, 1.807) is 12.3 Å². The zero-order valence-corrected chi connectivity index (χ0v) is 12.6. The molecule has 6 nitrogen and oxygen atoms in total. The fourth-order valence-corrected chi connectivity index (χ4v) is 2.91. The lowest BCUT2D eigenvalue weighted by Crippen LogP contribution is -2.16. The Labute approximate surface area is 129 Å². The van der Waals surface area contributed by atoms with Crippen LogP contribution in [0.3, 0.4) is 0 Å². The van der Waals surface area contributed by atoms with E-state index in [0.29, 0.717) is 23.4 Å². The van der Waals surface area contributed by atoms with E-state index in [-0.39, 0.29) is 0 Å². The Morgan fingerprint density at radius 2 is 2.18 bits per heavy atom. The molecule has 1 N–H and O–H groups in total. The smallest absolute Gasteiger partial charge is 0.216 e. The van der Waals surface area contributed by atoms with Crippen LogP contribution in [0.5, 0.6) is 0 Å². The van der Waals surface area contributed by atoms with E-state index < -0.39 is 0 Å². The van der Waals surface area contributed by atoms with Gasteiger partial charge in [0.1, 0.15) is 11.9 Å². The van der Waals surface area contributed by atoms with Crippen molar-refractivity contribution in [3.63, 3.8) is 0 Å². The molecule has 0 saturated heterocycles. The number of nitrogens with zero attached hydrogens (tertiary/aromatic N) is 4. The third-order valence-corrected chi connectivity index (χ3v) is 4.06. The van der Waals surface area contributed by atoms with Gasteiger partial charge in [0.05, 0.1) is 5.56 Å². The molecule has 2 aromatic rings. The number of hydrogen-bond acceptors (Lipinski definition) is 6. The second kappa shape index (κ2) is 6.56. The molecule has 2 aromatic heterocycles. The molecular weight excluding hydrogens is 278 g/mol. The summed E-state index contributed by atoms with van der Waals surface area (Å²) in [4.78, 5) is 4.26. The standard InChI is InChI=1S/C16H19N5O/c1-2-15-20-21-16(22-15)8-11-3-5-13(7-11)19-14-6-4-12(9-17)10-18-14/h4,6,10-11,13H,2-3,5,7-8H2,1H3,(H,18,19)/t11-,13+/m1/s1. The molecule has 0 unspecified atom stereocenters. The molecule has 0 bridgehead atoms. The summed E-state index contributed by atoms with van der Waals surface area (Å²) in [6, 6.07) is 6.13. The number of nitrogens with one attached hydrogen (secondary N) is 1. The second-order valence-electron chi connectivity index (χ2n) is 5.71. The molecule has 1 aliphatic carbocycles. The highest BCUT2D eigenvalue weighted by Crippen LogP contribution is 2.30. The number of hydrogen-bond donors (Lipinski definition) is 1. The Morgan fingerprint density at radius 3 is 2.86 bits per heavy atom. The number of aromatic nitrogens is 3. The molecule has 0 radical (unpaired) electrons. The maximum Gasteiger partial charge on any atom is 0.216 e. The van der Waals surface area contributed by atoms with Crippen LogP contribution in [0, 0.1) is 17.2 Å². The predicted octanol–water partition coefficient (Wildman–Crippen LogP) is 2.72. The Morgan fingerprint density at radius 1 is 1.32 bits per heavy atom. The van der Waals surface area contributed by atoms with Gasteiger partial charge in [-0.15, -0.1) is 10.2 Å². The Hall–Kier alpha value is -2.42. The monoisotopic (exact) mass is 297 g/mol. The van der Waals surface area contributed by atoms with Crippen molar-refractivity contribution < 1.29 is 4.42 Å². The van der Waals surface area contributed by atoms with Crippen LogP contribution in [0.1, 0.15) is 43.5 Å². The first kappa shape index (κ1) is 14.5. The van der Waals surface area contributed by atoms with Crippen LogP contribution in [-0.2, 0) is 12.8 Å². The van der Waals surface area contributed by atoms with Crippen LogP contribution in [0.2, 0.25) is 0 Å². The number of rotatable bonds is 5. The zero-order chi connectivity index (χ0) is 15.4. The number of pyridine rings is 1. The first-order valence-corrected chi connectivity index (χ1v) is 7.70. The molecule has 6 heteroatoms. The second-order valence-corrected chi connectivity index (χ2v) is 5.71. The van der Waals surface area contributed by atoms with Gasteiger partial charge in [0.15, 0.2) is 0 Å². The molecule has 2 heterocycles. The predicted molar refractivity (Wildman–Crippen MR) is 81.1 cm³/mol. The molecule has 0 amide bonds. The van der Waals surface area contributed by atoms with Gasteiger partial charge in [0.2, 0.25) is 11.8 Å². The first-order valence-electron chi connectivity index (χ1n) is 7.70. The minimum Gasteiger partial charge on any atom is -0.425 e. The topological polar surface area (TPSA) is 87.6 Å². The van der Waals surface area contributed by atoms with Crippen molar-refractivity contribution in [1.29, 1.82) is 5.26 Å². The van der Waals surface area contributed by atoms with E-state index in [1.165, 1.54) is 0 Å². The van der Waals surface area contributed by atoms with Crippen molar-refractivity contribution in [2.24, 2.45) is 5.92 Å². The maximum atomic E-state index is 8.78. The molecule has 2 atom stereocenters. The molecule has 1 saturated carbocycles. The number of nitriles is 1. The van der Waals surface area contributed by atoms with Gasteiger partial charge in [-0.2, -0.15) is 5.26 Å². The van der Waals surface area contributed by atoms with E-state index in [4.69, 9.17) is 9.68 Å². The van der Waals surface area contributed by atoms with Gasteiger partial charge < -0.3 is 9.73 Å². The fourth-order valence-electron chi connectivity index (χ4n) is 2.91. The Kier molecular flexibility index (Phi) is 4.33. The number of aryl methyl sites for hydroxylation is 1. The minimum atomic E-state index is 0.416. The minimum absolute atomic E-state index is 0.416. The summed E-state index contributed by atoms with van der Waals surface area (Å²) >= 11 is 0. The summed E-state index contributed by atoms with van der Waals surface area (Å²) in [5.41, 5.74) is 0.581. The third kappa shape index (κ3) is 3.42. The normalized spacial score (nSPS) is 20.7. The van der Waals surface area contributed by atoms with Crippen LogP contribution in [0.15, 0.2) is 22.7 Å². The van der Waals surface area contributed by atoms with Crippen LogP contribution < -0.4 is 5.32 Å². The van der Waals surface area contributed by atoms with Gasteiger partial charge in [-0.25, -0.2) is 4.98 Å². The average Bonchev–Trinajstić information content (AvgIpc) is 3.18. The van der Waals surface area contributed by atoms with Crippen LogP contribution in [0.25, 0.3) is 0 Å². The Balaban J connectivity index is 1.52. The van der Waals surface area contributed by atoms with Crippen LogP contribution in [0.4, 0.5) is 5.82 Å². The lowest BCUT2D eigenvalue weighted by Gasteiger charge is -2.13. The molecule has 0 spiro atoms. The zero-order valence-electron chi connectivity index (χ0n) is 12.6. The van der Waals surface area contributed by atoms with Crippen molar-refractivity contribution in [3.8, 4) is 6.07 Å². The summed E-state index contributed by atoms with van der Waals surface area (Å²) < 4.78 is 5.59. The van der Waals surface area contributed by atoms with Gasteiger partial charge in [-0.05, 0) is 37.3 Å². The van der Waals surface area contributed by atoms with Crippen molar-refractivity contribution in [2.45, 2.75) is 45.1 Å². The van der Waals surface area contributed by atoms with E-state index >= 15 is 0 Å². The van der Waals surface area contributed by atoms with Gasteiger partial charge in [0.25, 0.3) is 0 Å². The molecule has 114 valence electrons. The highest BCUT2D eigenvalue weighted by molar-refractivity contribution is 5.39. The van der Waals surface area contributed by atoms with Crippen LogP contribution in [-0.4, -0.2) is 21.2 Å². The highest BCUT2D eigenvalue weighted by atomic mass is 16.4. The summed E-state index contributed by atoms with van der Waals surface area (Å²) in [7, 11) is 0. The van der Waals surface area contributed by atoms with Crippen molar-refractivity contribution in [2.75, 3.05) is 5.32 Å². The molecular formula is C16H19N5O. The van der Waals surface area contributed by atoms with Gasteiger partial charge in [-0.3, -0.25) is 0 Å². The maximum absolute atomic E-state index is 8.78. The van der Waals surface area contributed by atoms with Crippen LogP contribution >= 0.6 is 0 Å². The third-order valence-electron chi connectivity index (χ3n) is 4.06. The summed E-state index contributed by atoms with van der Waals surface area (Å²) in [6.45, 7) is 2.01. The van der Waals surface area contributed by atoms with Gasteiger partial charge in [-0.1, -0.05) is 6.92 Å². The quantitative estimate of drug-likeness (QED) is 0.913. The van der Waals surface area contributed by atoms with Crippen molar-refractivity contribution in [3.05, 3.63) is 35.7 Å². The van der Waals surface area contributed by atoms with Gasteiger partial charge >= 0.3 is 0 Å². The molecule has 1 aliphatic rings. The summed E-state index contributed by atoms with van der Waals surface area (Å²) in [5.74, 6) is 2.86. The number of anilines is 1. The average molecular weight is 297 g/mol. The summed E-state index contributed by atoms with van der Waals surface area (Å²) in [6.07, 6.45) is 6.57. The first-order chi connectivity index (χ1) is 10.8. The van der Waals surface area contributed by atoms with E-state index in [9.17, 15) is 0 Å². The van der Waals surface area contributed by atoms with E-state index in [1.807, 2.05) is 13.0 Å². The lowest BCUT2D eigenvalue weighted by molar-refractivity contribution is 0.409.